The molecule has 6 heterocycles. The molecule has 0 fully saturated rings. The molecule has 216 valence electrons. The predicted molar refractivity (Wildman–Crippen MR) is 179 cm³/mol. The highest BCUT2D eigenvalue weighted by molar-refractivity contribution is 6.11. The third kappa shape index (κ3) is 2.70. The molecule has 5 heteroatoms. The summed E-state index contributed by atoms with van der Waals surface area (Å²) in [6.45, 7) is 4.48. The number of aryl methyl sites for hydroxylation is 2. The number of nitrogens with zero attached hydrogens (tertiary/aromatic N) is 4. The second-order valence-electron chi connectivity index (χ2n) is 12.8. The second-order valence-corrected chi connectivity index (χ2v) is 12.8. The summed E-state index contributed by atoms with van der Waals surface area (Å²) in [5.41, 5.74) is 12.7. The summed E-state index contributed by atoms with van der Waals surface area (Å²) < 4.78 is 16.5. The summed E-state index contributed by atoms with van der Waals surface area (Å²) in [6.07, 6.45) is 6.91. The average Bonchev–Trinajstić information content (AvgIpc) is 3.75. The van der Waals surface area contributed by atoms with Crippen molar-refractivity contribution < 1.29 is 14.0 Å². The first-order chi connectivity index (χ1) is 22.6. The Morgan fingerprint density at radius 1 is 0.652 bits per heavy atom. The van der Waals surface area contributed by atoms with Crippen molar-refractivity contribution in [1.82, 2.24) is 9.25 Å². The van der Waals surface area contributed by atoms with Crippen molar-refractivity contribution in [1.29, 1.82) is 0 Å². The van der Waals surface area contributed by atoms with Crippen LogP contribution in [0, 0.1) is 13.8 Å². The zero-order valence-electron chi connectivity index (χ0n) is 25.4. The van der Waals surface area contributed by atoms with Crippen molar-refractivity contribution >= 4 is 21.8 Å². The zero-order chi connectivity index (χ0) is 30.3. The van der Waals surface area contributed by atoms with Gasteiger partial charge >= 0.3 is 5.66 Å². The van der Waals surface area contributed by atoms with Crippen LogP contribution < -0.4 is 14.0 Å². The molecular formula is C41H28N4O+2. The average molecular weight is 593 g/mol. The van der Waals surface area contributed by atoms with E-state index >= 15 is 0 Å². The molecule has 5 aromatic carbocycles. The van der Waals surface area contributed by atoms with Gasteiger partial charge in [0.1, 0.15) is 28.3 Å². The van der Waals surface area contributed by atoms with E-state index in [4.69, 9.17) is 4.74 Å². The molecule has 0 N–H and O–H groups in total. The van der Waals surface area contributed by atoms with Crippen molar-refractivity contribution in [3.8, 4) is 45.3 Å². The van der Waals surface area contributed by atoms with E-state index in [1.165, 1.54) is 66.3 Å². The smallest absolute Gasteiger partial charge is 0.397 e. The molecule has 1 unspecified atom stereocenters. The van der Waals surface area contributed by atoms with E-state index in [9.17, 15) is 0 Å². The number of aromatic nitrogens is 4. The van der Waals surface area contributed by atoms with Crippen molar-refractivity contribution in [2.75, 3.05) is 0 Å². The van der Waals surface area contributed by atoms with Gasteiger partial charge in [-0.15, -0.1) is 4.68 Å². The van der Waals surface area contributed by atoms with Gasteiger partial charge in [0.05, 0.1) is 18.0 Å². The first-order valence-electron chi connectivity index (χ1n) is 15.9. The number of rotatable bonds is 2. The normalized spacial score (nSPS) is 16.3. The van der Waals surface area contributed by atoms with E-state index in [1.54, 1.807) is 0 Å². The maximum absolute atomic E-state index is 6.80. The number of benzene rings is 5. The number of pyridine rings is 1. The van der Waals surface area contributed by atoms with E-state index < -0.39 is 5.66 Å². The molecule has 3 aliphatic heterocycles. The van der Waals surface area contributed by atoms with Crippen molar-refractivity contribution in [2.24, 2.45) is 0 Å². The van der Waals surface area contributed by atoms with Crippen LogP contribution in [0.1, 0.15) is 22.3 Å². The number of fused-ring (bicyclic) bond motifs is 7. The highest BCUT2D eigenvalue weighted by Gasteiger charge is 2.68. The van der Waals surface area contributed by atoms with Crippen molar-refractivity contribution in [3.05, 3.63) is 156 Å². The van der Waals surface area contributed by atoms with Gasteiger partial charge in [0.2, 0.25) is 6.20 Å². The monoisotopic (exact) mass is 592 g/mol. The molecule has 3 aromatic heterocycles. The Morgan fingerprint density at radius 3 is 2.30 bits per heavy atom. The maximum Gasteiger partial charge on any atom is 0.397 e. The van der Waals surface area contributed by atoms with E-state index in [2.05, 4.69) is 166 Å². The van der Waals surface area contributed by atoms with Gasteiger partial charge in [-0.1, -0.05) is 71.4 Å². The SMILES string of the molecule is Cc1cc(-c2ccccc2)cc(C)c1-c1cn2[n+](c1)C13c4c(cccc4-2)Oc2ccc4c5ccccc5n(c4c21)-c1cccc[n+]13. The molecule has 1 spiro atoms. The minimum atomic E-state index is -0.677. The van der Waals surface area contributed by atoms with Crippen LogP contribution in [0.15, 0.2) is 134 Å². The molecule has 8 aromatic rings. The molecule has 1 atom stereocenters. The van der Waals surface area contributed by atoms with Crippen molar-refractivity contribution in [3.63, 3.8) is 0 Å². The van der Waals surface area contributed by atoms with Gasteiger partial charge in [-0.3, -0.25) is 0 Å². The highest BCUT2D eigenvalue weighted by atomic mass is 16.5. The Kier molecular flexibility index (Phi) is 4.35. The van der Waals surface area contributed by atoms with Crippen LogP contribution >= 0.6 is 0 Å². The quantitative estimate of drug-likeness (QED) is 0.186. The highest BCUT2D eigenvalue weighted by Crippen LogP contribution is 2.55. The van der Waals surface area contributed by atoms with Crippen molar-refractivity contribution in [2.45, 2.75) is 19.5 Å². The van der Waals surface area contributed by atoms with Crippen LogP contribution in [-0.2, 0) is 5.66 Å². The summed E-state index contributed by atoms with van der Waals surface area (Å²) in [5.74, 6) is 2.92. The Bertz CT molecular complexity index is 2620. The number of hydrogen-bond acceptors (Lipinski definition) is 1. The molecule has 0 radical (unpaired) electrons. The molecule has 3 aliphatic rings. The van der Waals surface area contributed by atoms with Gasteiger partial charge < -0.3 is 4.74 Å². The minimum Gasteiger partial charge on any atom is -0.456 e. The Balaban J connectivity index is 1.26. The molecule has 0 amide bonds. The largest absolute Gasteiger partial charge is 0.456 e. The van der Waals surface area contributed by atoms with Crippen LogP contribution in [0.5, 0.6) is 11.5 Å². The number of ether oxygens (including phenoxy) is 1. The number of para-hydroxylation sites is 1. The Labute approximate surface area is 265 Å². The fourth-order valence-electron chi connectivity index (χ4n) is 8.76. The van der Waals surface area contributed by atoms with Gasteiger partial charge in [0, 0.05) is 16.8 Å². The zero-order valence-corrected chi connectivity index (χ0v) is 25.4. The third-order valence-electron chi connectivity index (χ3n) is 10.4. The summed E-state index contributed by atoms with van der Waals surface area (Å²) in [7, 11) is 0. The summed E-state index contributed by atoms with van der Waals surface area (Å²) in [6, 6.07) is 41.5. The Morgan fingerprint density at radius 2 is 1.43 bits per heavy atom. The summed E-state index contributed by atoms with van der Waals surface area (Å²) in [5, 5.41) is 2.48. The number of hydrogen-bond donors (Lipinski definition) is 0. The molecule has 46 heavy (non-hydrogen) atoms. The van der Waals surface area contributed by atoms with E-state index in [1.807, 2.05) is 0 Å². The molecular weight excluding hydrogens is 564 g/mol. The van der Waals surface area contributed by atoms with Gasteiger partial charge in [0.15, 0.2) is 11.1 Å². The minimum absolute atomic E-state index is 0.677. The van der Waals surface area contributed by atoms with Crippen LogP contribution in [0.25, 0.3) is 55.6 Å². The lowest BCUT2D eigenvalue weighted by Crippen LogP contribution is -2.76. The van der Waals surface area contributed by atoms with Gasteiger partial charge in [-0.05, 0) is 84.1 Å². The molecule has 0 saturated carbocycles. The second kappa shape index (κ2) is 8.20. The van der Waals surface area contributed by atoms with E-state index in [-0.39, 0.29) is 0 Å². The van der Waals surface area contributed by atoms with Crippen LogP contribution in [0.4, 0.5) is 0 Å². The van der Waals surface area contributed by atoms with Crippen LogP contribution in [0.2, 0.25) is 0 Å². The van der Waals surface area contributed by atoms with Gasteiger partial charge in [0.25, 0.3) is 5.82 Å². The van der Waals surface area contributed by atoms with E-state index in [0.29, 0.717) is 0 Å². The first kappa shape index (κ1) is 24.4. The summed E-state index contributed by atoms with van der Waals surface area (Å²) >= 11 is 0. The Hall–Kier alpha value is -5.94. The molecule has 0 aliphatic carbocycles. The molecule has 0 saturated heterocycles. The standard InChI is InChI=1S/C41H28N4O/c1-25-21-28(27-11-4-3-5-12-27)22-26(2)37(25)29-23-43-33-15-10-16-34-38(33)41(44(43)24-29)39-35(46-34)19-18-31-30-13-6-7-14-32(30)45(40(31)39)36-17-8-9-20-42(36)41/h3-24H,1-2H3/q+2. The third-order valence-corrected chi connectivity index (χ3v) is 10.4. The fraction of sp³-hybridized carbons (Fsp3) is 0.0732. The molecule has 5 nitrogen and oxygen atoms in total. The lowest BCUT2D eigenvalue weighted by Gasteiger charge is -2.32. The molecule has 11 rings (SSSR count). The van der Waals surface area contributed by atoms with Gasteiger partial charge in [-0.2, -0.15) is 9.13 Å². The lowest BCUT2D eigenvalue weighted by atomic mass is 9.84. The van der Waals surface area contributed by atoms with E-state index in [0.717, 1.165) is 23.0 Å². The predicted octanol–water partition coefficient (Wildman–Crippen LogP) is 8.13. The first-order valence-corrected chi connectivity index (χ1v) is 15.9. The van der Waals surface area contributed by atoms with Gasteiger partial charge in [-0.25, -0.2) is 0 Å². The lowest BCUT2D eigenvalue weighted by molar-refractivity contribution is -0.993. The maximum atomic E-state index is 6.80. The van der Waals surface area contributed by atoms with Crippen LogP contribution in [0.3, 0.4) is 0 Å². The molecule has 0 bridgehead atoms. The fourth-order valence-corrected chi connectivity index (χ4v) is 8.76. The van der Waals surface area contributed by atoms with Crippen LogP contribution in [-0.4, -0.2) is 9.25 Å². The topological polar surface area (TPSA) is 26.8 Å². The summed E-state index contributed by atoms with van der Waals surface area (Å²) in [4.78, 5) is 0.